The zero-order valence-electron chi connectivity index (χ0n) is 27.3. The molecule has 8 heteroatoms. The van der Waals surface area contributed by atoms with E-state index in [1.807, 2.05) is 24.3 Å². The van der Waals surface area contributed by atoms with E-state index in [4.69, 9.17) is 18.6 Å². The lowest BCUT2D eigenvalue weighted by molar-refractivity contribution is 0.00578. The summed E-state index contributed by atoms with van der Waals surface area (Å²) < 4.78 is 28.1. The van der Waals surface area contributed by atoms with Crippen molar-refractivity contribution in [2.24, 2.45) is 0 Å². The monoisotopic (exact) mass is 596 g/mol. The average Bonchev–Trinajstić information content (AvgIpc) is 3.53. The lowest BCUT2D eigenvalue weighted by Gasteiger charge is -2.32. The van der Waals surface area contributed by atoms with Crippen molar-refractivity contribution in [3.8, 4) is 22.9 Å². The van der Waals surface area contributed by atoms with E-state index in [0.29, 0.717) is 5.56 Å². The minimum Gasteiger partial charge on any atom is -0.399 e. The fraction of sp³-hybridized carbons (Fsp3) is 0.324. The van der Waals surface area contributed by atoms with Crippen LogP contribution in [0.3, 0.4) is 0 Å². The Labute approximate surface area is 266 Å². The minimum absolute atomic E-state index is 0.434. The molecule has 0 saturated carbocycles. The highest BCUT2D eigenvalue weighted by Gasteiger charge is 2.53. The van der Waals surface area contributed by atoms with E-state index in [1.54, 1.807) is 0 Å². The number of benzene rings is 4. The van der Waals surface area contributed by atoms with Crippen LogP contribution in [-0.4, -0.2) is 41.2 Å². The van der Waals surface area contributed by atoms with Gasteiger partial charge in [-0.05, 0) is 114 Å². The largest absolute Gasteiger partial charge is 0.494 e. The molecule has 2 saturated heterocycles. The van der Waals surface area contributed by atoms with Crippen LogP contribution in [0.5, 0.6) is 0 Å². The predicted octanol–water partition coefficient (Wildman–Crippen LogP) is 6.92. The van der Waals surface area contributed by atoms with Crippen molar-refractivity contribution < 1.29 is 18.6 Å². The molecule has 6 nitrogen and oxygen atoms in total. The first-order chi connectivity index (χ1) is 21.2. The van der Waals surface area contributed by atoms with Gasteiger partial charge in [0.25, 0.3) is 0 Å². The van der Waals surface area contributed by atoms with Gasteiger partial charge in [-0.1, -0.05) is 48.5 Å². The van der Waals surface area contributed by atoms with Crippen molar-refractivity contribution in [2.45, 2.75) is 77.8 Å². The van der Waals surface area contributed by atoms with Crippen LogP contribution >= 0.6 is 0 Å². The van der Waals surface area contributed by atoms with Gasteiger partial charge in [0, 0.05) is 16.5 Å². The van der Waals surface area contributed by atoms with Crippen molar-refractivity contribution in [1.82, 2.24) is 4.57 Å². The maximum atomic E-state index is 9.26. The van der Waals surface area contributed by atoms with Crippen LogP contribution in [0.25, 0.3) is 38.6 Å². The van der Waals surface area contributed by atoms with Gasteiger partial charge in [-0.25, -0.2) is 0 Å². The summed E-state index contributed by atoms with van der Waals surface area (Å²) in [5.41, 5.74) is 6.20. The molecule has 4 aromatic carbocycles. The Morgan fingerprint density at radius 3 is 1.47 bits per heavy atom. The molecule has 0 spiro atoms. The Hall–Kier alpha value is -3.86. The Bertz CT molecular complexity index is 1880. The van der Waals surface area contributed by atoms with Crippen LogP contribution in [-0.2, 0) is 18.6 Å². The third-order valence-electron chi connectivity index (χ3n) is 10.3. The number of fused-ring (bicyclic) bond motifs is 3. The van der Waals surface area contributed by atoms with Gasteiger partial charge >= 0.3 is 14.2 Å². The van der Waals surface area contributed by atoms with Crippen LogP contribution < -0.4 is 10.9 Å². The van der Waals surface area contributed by atoms with E-state index < -0.39 is 36.6 Å². The second-order valence-electron chi connectivity index (χ2n) is 14.3. The highest BCUT2D eigenvalue weighted by atomic mass is 16.7. The molecular formula is C37H38B2N2O4. The highest BCUT2D eigenvalue weighted by Crippen LogP contribution is 2.39. The summed E-state index contributed by atoms with van der Waals surface area (Å²) in [7, 11) is -0.937. The van der Waals surface area contributed by atoms with Crippen LogP contribution in [0.2, 0.25) is 0 Å². The van der Waals surface area contributed by atoms with Gasteiger partial charge in [0.15, 0.2) is 0 Å². The first-order valence-corrected chi connectivity index (χ1v) is 15.6. The SMILES string of the molecule is CC1(C)OB(c2ccc3c(c2)c2cc(B4OC(C)(C)C(C)(C)O4)ccc2n3-c2cccc(-c3ccc(C#N)cc3)c2)OC1(C)C. The first kappa shape index (κ1) is 29.8. The van der Waals surface area contributed by atoms with Crippen molar-refractivity contribution in [3.05, 3.63) is 90.5 Å². The molecule has 5 aromatic rings. The molecule has 0 atom stereocenters. The van der Waals surface area contributed by atoms with Crippen molar-refractivity contribution in [2.75, 3.05) is 0 Å². The molecule has 0 bridgehead atoms. The van der Waals surface area contributed by atoms with Crippen molar-refractivity contribution >= 4 is 47.0 Å². The summed E-state index contributed by atoms with van der Waals surface area (Å²) in [5.74, 6) is 0. The molecule has 0 amide bonds. The summed E-state index contributed by atoms with van der Waals surface area (Å²) in [5, 5.41) is 11.5. The molecule has 45 heavy (non-hydrogen) atoms. The number of rotatable bonds is 4. The van der Waals surface area contributed by atoms with Crippen LogP contribution in [0.1, 0.15) is 61.0 Å². The second-order valence-corrected chi connectivity index (χ2v) is 14.3. The van der Waals surface area contributed by atoms with Gasteiger partial charge in [0.05, 0.1) is 45.1 Å². The molecule has 2 aliphatic rings. The summed E-state index contributed by atoms with van der Waals surface area (Å²) in [6.45, 7) is 16.6. The van der Waals surface area contributed by atoms with E-state index in [-0.39, 0.29) is 0 Å². The van der Waals surface area contributed by atoms with Crippen LogP contribution in [0, 0.1) is 11.3 Å². The topological polar surface area (TPSA) is 65.6 Å². The number of nitriles is 1. The third-order valence-corrected chi connectivity index (χ3v) is 10.3. The Kier molecular flexibility index (Phi) is 6.68. The zero-order valence-corrected chi connectivity index (χ0v) is 27.3. The number of hydrogen-bond donors (Lipinski definition) is 0. The number of hydrogen-bond acceptors (Lipinski definition) is 5. The summed E-state index contributed by atoms with van der Waals surface area (Å²) in [6, 6.07) is 31.4. The van der Waals surface area contributed by atoms with E-state index in [1.165, 1.54) is 0 Å². The van der Waals surface area contributed by atoms with Crippen molar-refractivity contribution in [3.63, 3.8) is 0 Å². The van der Waals surface area contributed by atoms with E-state index in [2.05, 4.69) is 127 Å². The lowest BCUT2D eigenvalue weighted by Crippen LogP contribution is -2.41. The second kappa shape index (κ2) is 10.1. The van der Waals surface area contributed by atoms with Crippen molar-refractivity contribution in [1.29, 1.82) is 5.26 Å². The first-order valence-electron chi connectivity index (χ1n) is 15.6. The molecule has 0 N–H and O–H groups in total. The van der Waals surface area contributed by atoms with Crippen LogP contribution in [0.4, 0.5) is 0 Å². The lowest BCUT2D eigenvalue weighted by atomic mass is 9.77. The quantitative estimate of drug-likeness (QED) is 0.211. The predicted molar refractivity (Wildman–Crippen MR) is 182 cm³/mol. The van der Waals surface area contributed by atoms with Crippen LogP contribution in [0.15, 0.2) is 84.9 Å². The van der Waals surface area contributed by atoms with Gasteiger partial charge in [-0.15, -0.1) is 0 Å². The zero-order chi connectivity index (χ0) is 31.9. The number of nitrogens with zero attached hydrogens (tertiary/aromatic N) is 2. The average molecular weight is 596 g/mol. The fourth-order valence-electron chi connectivity index (χ4n) is 6.15. The van der Waals surface area contributed by atoms with E-state index in [9.17, 15) is 5.26 Å². The smallest absolute Gasteiger partial charge is 0.399 e. The molecule has 0 radical (unpaired) electrons. The molecule has 226 valence electrons. The molecule has 2 fully saturated rings. The normalized spacial score (nSPS) is 19.8. The Balaban J connectivity index is 1.40. The van der Waals surface area contributed by atoms with Gasteiger partial charge in [-0.2, -0.15) is 5.26 Å². The molecule has 0 aliphatic carbocycles. The molecule has 3 heterocycles. The maximum absolute atomic E-state index is 9.26. The van der Waals surface area contributed by atoms with E-state index >= 15 is 0 Å². The maximum Gasteiger partial charge on any atom is 0.494 e. The van der Waals surface area contributed by atoms with Gasteiger partial charge in [0.2, 0.25) is 0 Å². The van der Waals surface area contributed by atoms with Gasteiger partial charge in [-0.3, -0.25) is 0 Å². The summed E-state index contributed by atoms with van der Waals surface area (Å²) >= 11 is 0. The third kappa shape index (κ3) is 4.81. The van der Waals surface area contributed by atoms with Gasteiger partial charge < -0.3 is 23.2 Å². The Morgan fingerprint density at radius 2 is 1.02 bits per heavy atom. The highest BCUT2D eigenvalue weighted by molar-refractivity contribution is 6.63. The Morgan fingerprint density at radius 1 is 0.556 bits per heavy atom. The molecule has 2 aliphatic heterocycles. The van der Waals surface area contributed by atoms with Gasteiger partial charge in [0.1, 0.15) is 0 Å². The fourth-order valence-corrected chi connectivity index (χ4v) is 6.15. The molecular weight excluding hydrogens is 558 g/mol. The molecule has 7 rings (SSSR count). The molecule has 1 aromatic heterocycles. The minimum atomic E-state index is -0.469. The summed E-state index contributed by atoms with van der Waals surface area (Å²) in [4.78, 5) is 0. The molecule has 0 unspecified atom stereocenters. The van der Waals surface area contributed by atoms with E-state index in [0.717, 1.165) is 49.5 Å². The number of aromatic nitrogens is 1. The standard InChI is InChI=1S/C37H38B2N2O4/c1-34(2)35(3,4)43-38(42-34)27-16-18-32-30(21-27)31-22-28(39-44-36(5,6)37(7,8)45-39)17-19-33(31)41(32)29-11-9-10-26(20-29)25-14-12-24(23-40)13-15-25/h9-22H,1-8H3. The summed E-state index contributed by atoms with van der Waals surface area (Å²) in [6.07, 6.45) is 0.